The highest BCUT2D eigenvalue weighted by molar-refractivity contribution is 7.16. The molecule has 1 aliphatic carbocycles. The van der Waals surface area contributed by atoms with Crippen LogP contribution in [0.15, 0.2) is 5.38 Å². The van der Waals surface area contributed by atoms with Crippen molar-refractivity contribution >= 4 is 22.7 Å². The lowest BCUT2D eigenvalue weighted by Crippen LogP contribution is -1.79. The van der Waals surface area contributed by atoms with Gasteiger partial charge in [0, 0.05) is 11.3 Å². The number of hydrogen-bond donors (Lipinski definition) is 0. The van der Waals surface area contributed by atoms with Gasteiger partial charge >= 0.3 is 0 Å². The van der Waals surface area contributed by atoms with E-state index in [-0.39, 0.29) is 0 Å². The third-order valence-corrected chi connectivity index (χ3v) is 4.23. The topological polar surface area (TPSA) is 35.0 Å². The Kier molecular flexibility index (Phi) is 2.21. The van der Waals surface area contributed by atoms with Crippen LogP contribution in [0, 0.1) is 6.20 Å². The first kappa shape index (κ1) is 9.30. The van der Waals surface area contributed by atoms with Gasteiger partial charge in [-0.2, -0.15) is 0 Å². The van der Waals surface area contributed by atoms with Crippen LogP contribution >= 0.6 is 22.7 Å². The summed E-state index contributed by atoms with van der Waals surface area (Å²) in [5.74, 6) is 0.695. The molecule has 5 heteroatoms. The van der Waals surface area contributed by atoms with Crippen molar-refractivity contribution in [3.63, 3.8) is 0 Å². The standard InChI is InChI=1S/C10H9N2OS2/c1-13-10-12-7(5-14-10)8-4-11-9(15-8)6-2-3-6/h5-6H,2-3H2,1H3. The average Bonchev–Trinajstić information content (AvgIpc) is 2.84. The normalized spacial score (nSPS) is 15.5. The fourth-order valence-electron chi connectivity index (χ4n) is 1.33. The van der Waals surface area contributed by atoms with Crippen LogP contribution in [-0.4, -0.2) is 17.1 Å². The van der Waals surface area contributed by atoms with E-state index < -0.39 is 0 Å². The maximum Gasteiger partial charge on any atom is 0.273 e. The Balaban J connectivity index is 1.90. The second-order valence-corrected chi connectivity index (χ2v) is 5.32. The molecule has 0 N–H and O–H groups in total. The Labute approximate surface area is 95.8 Å². The number of thiazole rings is 2. The number of hydrogen-bond acceptors (Lipinski definition) is 5. The van der Waals surface area contributed by atoms with Crippen LogP contribution in [0.1, 0.15) is 23.8 Å². The minimum atomic E-state index is 0.694. The van der Waals surface area contributed by atoms with E-state index in [2.05, 4.69) is 16.2 Å². The Hall–Kier alpha value is -0.940. The number of nitrogens with zero attached hydrogens (tertiary/aromatic N) is 2. The van der Waals surface area contributed by atoms with Crippen molar-refractivity contribution in [2.45, 2.75) is 18.8 Å². The van der Waals surface area contributed by atoms with Gasteiger partial charge in [0.2, 0.25) is 0 Å². The van der Waals surface area contributed by atoms with Crippen LogP contribution in [-0.2, 0) is 0 Å². The number of ether oxygens (including phenoxy) is 1. The molecule has 3 nitrogen and oxygen atoms in total. The Bertz CT molecular complexity index is 473. The second-order valence-electron chi connectivity index (χ2n) is 3.47. The summed E-state index contributed by atoms with van der Waals surface area (Å²) in [4.78, 5) is 9.66. The van der Waals surface area contributed by atoms with Crippen molar-refractivity contribution < 1.29 is 4.74 Å². The van der Waals surface area contributed by atoms with Crippen molar-refractivity contribution in [1.29, 1.82) is 0 Å². The molecule has 2 aromatic rings. The predicted octanol–water partition coefficient (Wildman–Crippen LogP) is 2.95. The summed E-state index contributed by atoms with van der Waals surface area (Å²) < 4.78 is 5.06. The van der Waals surface area contributed by atoms with Gasteiger partial charge in [-0.25, -0.2) is 9.97 Å². The third-order valence-electron chi connectivity index (χ3n) is 2.29. The van der Waals surface area contributed by atoms with Gasteiger partial charge in [0.15, 0.2) is 0 Å². The summed E-state index contributed by atoms with van der Waals surface area (Å²) in [6.45, 7) is 0. The van der Waals surface area contributed by atoms with Crippen molar-refractivity contribution in [1.82, 2.24) is 9.97 Å². The highest BCUT2D eigenvalue weighted by Gasteiger charge is 2.27. The van der Waals surface area contributed by atoms with Gasteiger partial charge in [-0.3, -0.25) is 0 Å². The maximum atomic E-state index is 5.06. The summed E-state index contributed by atoms with van der Waals surface area (Å²) in [5.41, 5.74) is 0.932. The molecule has 0 unspecified atom stereocenters. The first-order valence-electron chi connectivity index (χ1n) is 4.75. The van der Waals surface area contributed by atoms with E-state index in [0.717, 1.165) is 10.6 Å². The molecule has 0 amide bonds. The van der Waals surface area contributed by atoms with Crippen LogP contribution in [0.25, 0.3) is 10.6 Å². The van der Waals surface area contributed by atoms with Crippen molar-refractivity contribution in [2.24, 2.45) is 0 Å². The minimum Gasteiger partial charge on any atom is -0.473 e. The zero-order valence-electron chi connectivity index (χ0n) is 8.19. The van der Waals surface area contributed by atoms with Crippen LogP contribution in [0.2, 0.25) is 0 Å². The van der Waals surface area contributed by atoms with Crippen molar-refractivity contribution in [2.75, 3.05) is 7.11 Å². The lowest BCUT2D eigenvalue weighted by atomic mass is 10.4. The molecule has 1 aliphatic rings. The highest BCUT2D eigenvalue weighted by atomic mass is 32.1. The van der Waals surface area contributed by atoms with Crippen LogP contribution in [0.3, 0.4) is 0 Å². The summed E-state index contributed by atoms with van der Waals surface area (Å²) in [6, 6.07) is 0. The molecular formula is C10H9N2OS2. The summed E-state index contributed by atoms with van der Waals surface area (Å²) >= 11 is 3.21. The van der Waals surface area contributed by atoms with E-state index in [1.54, 1.807) is 18.4 Å². The Morgan fingerprint density at radius 1 is 1.53 bits per heavy atom. The quantitative estimate of drug-likeness (QED) is 0.823. The minimum absolute atomic E-state index is 0.694. The van der Waals surface area contributed by atoms with Gasteiger partial charge < -0.3 is 4.74 Å². The largest absolute Gasteiger partial charge is 0.473 e. The fourth-order valence-corrected chi connectivity index (χ4v) is 3.03. The second kappa shape index (κ2) is 3.57. The SMILES string of the molecule is COc1nc(-c2[c]nc(C3CC3)s2)cs1. The molecule has 0 saturated heterocycles. The van der Waals surface area contributed by atoms with Gasteiger partial charge in [-0.05, 0) is 12.8 Å². The lowest BCUT2D eigenvalue weighted by Gasteiger charge is -1.88. The first-order valence-corrected chi connectivity index (χ1v) is 6.44. The number of rotatable bonds is 3. The van der Waals surface area contributed by atoms with Gasteiger partial charge in [0.1, 0.15) is 6.20 Å². The highest BCUT2D eigenvalue weighted by Crippen LogP contribution is 2.43. The molecule has 2 aromatic heterocycles. The zero-order chi connectivity index (χ0) is 10.3. The summed E-state index contributed by atoms with van der Waals surface area (Å²) in [6.07, 6.45) is 5.60. The molecule has 3 rings (SSSR count). The van der Waals surface area contributed by atoms with Crippen molar-refractivity contribution in [3.8, 4) is 15.8 Å². The number of methoxy groups -OCH3 is 1. The Morgan fingerprint density at radius 2 is 2.40 bits per heavy atom. The average molecular weight is 237 g/mol. The van der Waals surface area contributed by atoms with E-state index >= 15 is 0 Å². The first-order chi connectivity index (χ1) is 7.36. The molecule has 0 aromatic carbocycles. The molecule has 0 atom stereocenters. The predicted molar refractivity (Wildman–Crippen MR) is 60.6 cm³/mol. The van der Waals surface area contributed by atoms with Crippen LogP contribution in [0.4, 0.5) is 0 Å². The van der Waals surface area contributed by atoms with Gasteiger partial charge in [0.05, 0.1) is 22.7 Å². The molecule has 15 heavy (non-hydrogen) atoms. The molecular weight excluding hydrogens is 228 g/mol. The maximum absolute atomic E-state index is 5.06. The molecule has 1 radical (unpaired) electrons. The zero-order valence-corrected chi connectivity index (χ0v) is 9.82. The monoisotopic (exact) mass is 237 g/mol. The molecule has 1 saturated carbocycles. The molecule has 77 valence electrons. The van der Waals surface area contributed by atoms with E-state index in [4.69, 9.17) is 4.74 Å². The summed E-state index contributed by atoms with van der Waals surface area (Å²) in [5, 5.41) is 3.89. The molecule has 0 spiro atoms. The molecule has 0 aliphatic heterocycles. The van der Waals surface area contributed by atoms with E-state index in [1.807, 2.05) is 5.38 Å². The fraction of sp³-hybridized carbons (Fsp3) is 0.400. The van der Waals surface area contributed by atoms with Gasteiger partial charge in [0.25, 0.3) is 5.19 Å². The van der Waals surface area contributed by atoms with Crippen LogP contribution < -0.4 is 4.74 Å². The third kappa shape index (κ3) is 1.77. The van der Waals surface area contributed by atoms with E-state index in [1.165, 1.54) is 29.2 Å². The van der Waals surface area contributed by atoms with E-state index in [0.29, 0.717) is 11.1 Å². The Morgan fingerprint density at radius 3 is 3.07 bits per heavy atom. The van der Waals surface area contributed by atoms with Crippen LogP contribution in [0.5, 0.6) is 5.19 Å². The lowest BCUT2D eigenvalue weighted by molar-refractivity contribution is 0.412. The molecule has 1 fully saturated rings. The van der Waals surface area contributed by atoms with E-state index in [9.17, 15) is 0 Å². The van der Waals surface area contributed by atoms with Gasteiger partial charge in [-0.1, -0.05) is 11.3 Å². The number of aromatic nitrogens is 2. The molecule has 2 heterocycles. The molecule has 0 bridgehead atoms. The van der Waals surface area contributed by atoms with Gasteiger partial charge in [-0.15, -0.1) is 11.3 Å². The van der Waals surface area contributed by atoms with Crippen molar-refractivity contribution in [3.05, 3.63) is 16.6 Å². The summed E-state index contributed by atoms with van der Waals surface area (Å²) in [7, 11) is 1.63. The smallest absolute Gasteiger partial charge is 0.273 e.